The number of rotatable bonds is 9. The minimum absolute atomic E-state index is 0.00618. The van der Waals surface area contributed by atoms with Crippen LogP contribution >= 0.6 is 15.9 Å². The first-order valence-electron chi connectivity index (χ1n) is 9.99. The molecule has 1 amide bonds. The van der Waals surface area contributed by atoms with E-state index in [-0.39, 0.29) is 18.1 Å². The molecule has 0 aliphatic rings. The molecule has 30 heavy (non-hydrogen) atoms. The highest BCUT2D eigenvalue weighted by Gasteiger charge is 2.27. The van der Waals surface area contributed by atoms with Crippen molar-refractivity contribution in [2.75, 3.05) is 24.3 Å². The predicted molar refractivity (Wildman–Crippen MR) is 122 cm³/mol. The monoisotopic (exact) mass is 480 g/mol. The summed E-state index contributed by atoms with van der Waals surface area (Å²) >= 11 is 3.40. The second-order valence-electron chi connectivity index (χ2n) is 7.48. The summed E-state index contributed by atoms with van der Waals surface area (Å²) in [6.45, 7) is 6.69. The number of aromatic nitrogens is 2. The maximum Gasteiger partial charge on any atom is 0.330 e. The Kier molecular flexibility index (Phi) is 8.28. The lowest BCUT2D eigenvalue weighted by molar-refractivity contribution is 0.0984. The van der Waals surface area contributed by atoms with E-state index in [0.29, 0.717) is 34.7 Å². The number of ether oxygens (including phenoxy) is 1. The number of anilines is 2. The topological polar surface area (TPSA) is 110 Å². The Balaban J connectivity index is 2.64. The molecule has 0 fully saturated rings. The van der Waals surface area contributed by atoms with Gasteiger partial charge in [-0.15, -0.1) is 0 Å². The third-order valence-electron chi connectivity index (χ3n) is 4.80. The second kappa shape index (κ2) is 10.5. The molecule has 1 aromatic carbocycles. The van der Waals surface area contributed by atoms with Gasteiger partial charge in [0.2, 0.25) is 0 Å². The van der Waals surface area contributed by atoms with Crippen molar-refractivity contribution in [2.45, 2.75) is 46.6 Å². The number of nitrogens with zero attached hydrogens (tertiary/aromatic N) is 2. The van der Waals surface area contributed by atoms with Crippen molar-refractivity contribution >= 4 is 33.3 Å². The van der Waals surface area contributed by atoms with Gasteiger partial charge in [-0.25, -0.2) is 4.79 Å². The van der Waals surface area contributed by atoms with Gasteiger partial charge in [0.1, 0.15) is 11.6 Å². The van der Waals surface area contributed by atoms with Crippen LogP contribution < -0.4 is 26.6 Å². The first kappa shape index (κ1) is 23.7. The number of carbonyl (C=O) groups is 1. The van der Waals surface area contributed by atoms with Gasteiger partial charge >= 0.3 is 5.69 Å². The Hall–Kier alpha value is -2.55. The summed E-state index contributed by atoms with van der Waals surface area (Å²) in [6, 6.07) is 5.04. The highest BCUT2D eigenvalue weighted by atomic mass is 79.9. The lowest BCUT2D eigenvalue weighted by Gasteiger charge is -2.26. The van der Waals surface area contributed by atoms with Gasteiger partial charge in [-0.3, -0.25) is 19.1 Å². The summed E-state index contributed by atoms with van der Waals surface area (Å²) in [4.78, 5) is 42.2. The molecule has 0 bridgehead atoms. The fourth-order valence-corrected chi connectivity index (χ4v) is 3.44. The summed E-state index contributed by atoms with van der Waals surface area (Å²) in [5, 5.41) is 0. The van der Waals surface area contributed by atoms with Gasteiger partial charge in [-0.05, 0) is 52.9 Å². The highest BCUT2D eigenvalue weighted by molar-refractivity contribution is 9.10. The largest absolute Gasteiger partial charge is 0.497 e. The molecule has 0 spiro atoms. The fraction of sp³-hybridized carbons (Fsp3) is 0.476. The summed E-state index contributed by atoms with van der Waals surface area (Å²) < 4.78 is 7.12. The Labute approximate surface area is 184 Å². The number of halogens is 1. The molecule has 3 N–H and O–H groups in total. The van der Waals surface area contributed by atoms with Gasteiger partial charge in [0.05, 0.1) is 12.7 Å². The summed E-state index contributed by atoms with van der Waals surface area (Å²) in [5.41, 5.74) is 5.33. The Bertz CT molecular complexity index is 1010. The van der Waals surface area contributed by atoms with E-state index < -0.39 is 17.2 Å². The number of H-pyrrole nitrogens is 1. The molecule has 164 valence electrons. The third kappa shape index (κ3) is 5.33. The van der Waals surface area contributed by atoms with E-state index in [1.165, 1.54) is 16.6 Å². The normalized spacial score (nSPS) is 11.0. The molecule has 2 rings (SSSR count). The van der Waals surface area contributed by atoms with Gasteiger partial charge in [0.15, 0.2) is 5.69 Å². The number of hydrogen-bond acceptors (Lipinski definition) is 5. The van der Waals surface area contributed by atoms with Crippen molar-refractivity contribution in [3.8, 4) is 5.75 Å². The number of nitrogen functional groups attached to an aromatic ring is 1. The number of hydrogen-bond donors (Lipinski definition) is 2. The van der Waals surface area contributed by atoms with Crippen LogP contribution in [-0.2, 0) is 6.54 Å². The number of nitrogens with two attached hydrogens (primary N) is 1. The standard InChI is InChI=1S/C21H29BrN4O4/c1-5-6-10-26-18(23)17(19(27)24-21(26)29)25(11-9-13(2)3)20(28)15-12-14(30-4)7-8-16(15)22/h7-8,12-13H,5-6,9-11,23H2,1-4H3,(H,24,27,29). The molecule has 1 aromatic heterocycles. The molecule has 0 atom stereocenters. The minimum atomic E-state index is -0.679. The summed E-state index contributed by atoms with van der Waals surface area (Å²) in [5.74, 6) is 0.396. The van der Waals surface area contributed by atoms with Gasteiger partial charge < -0.3 is 15.4 Å². The van der Waals surface area contributed by atoms with E-state index in [4.69, 9.17) is 10.5 Å². The SMILES string of the molecule is CCCCn1c(N)c(N(CCC(C)C)C(=O)c2cc(OC)ccc2Br)c(=O)[nH]c1=O. The average molecular weight is 481 g/mol. The molecular weight excluding hydrogens is 452 g/mol. The molecule has 9 heteroatoms. The van der Waals surface area contributed by atoms with E-state index in [0.717, 1.165) is 12.8 Å². The molecular formula is C21H29BrN4O4. The number of methoxy groups -OCH3 is 1. The van der Waals surface area contributed by atoms with Crippen LogP contribution in [0.25, 0.3) is 0 Å². The van der Waals surface area contributed by atoms with Crippen LogP contribution in [0, 0.1) is 5.92 Å². The van der Waals surface area contributed by atoms with Crippen LogP contribution in [0.2, 0.25) is 0 Å². The summed E-state index contributed by atoms with van der Waals surface area (Å²) in [7, 11) is 1.51. The van der Waals surface area contributed by atoms with E-state index in [1.807, 2.05) is 20.8 Å². The minimum Gasteiger partial charge on any atom is -0.497 e. The quantitative estimate of drug-likeness (QED) is 0.571. The zero-order valence-electron chi connectivity index (χ0n) is 17.8. The van der Waals surface area contributed by atoms with Crippen LogP contribution in [-0.4, -0.2) is 29.1 Å². The zero-order chi connectivity index (χ0) is 22.4. The van der Waals surface area contributed by atoms with Crippen LogP contribution in [0.15, 0.2) is 32.3 Å². The maximum absolute atomic E-state index is 13.5. The Morgan fingerprint density at radius 3 is 2.63 bits per heavy atom. The number of unbranched alkanes of at least 4 members (excludes halogenated alkanes) is 1. The highest BCUT2D eigenvalue weighted by Crippen LogP contribution is 2.27. The average Bonchev–Trinajstić information content (AvgIpc) is 2.69. The van der Waals surface area contributed by atoms with Crippen molar-refractivity contribution in [3.63, 3.8) is 0 Å². The van der Waals surface area contributed by atoms with Gasteiger partial charge in [-0.1, -0.05) is 27.2 Å². The van der Waals surface area contributed by atoms with Crippen molar-refractivity contribution in [2.24, 2.45) is 5.92 Å². The third-order valence-corrected chi connectivity index (χ3v) is 5.49. The molecule has 2 aromatic rings. The number of amides is 1. The van der Waals surface area contributed by atoms with E-state index >= 15 is 0 Å². The molecule has 0 saturated heterocycles. The van der Waals surface area contributed by atoms with Crippen molar-refractivity contribution in [3.05, 3.63) is 49.1 Å². The smallest absolute Gasteiger partial charge is 0.330 e. The number of benzene rings is 1. The first-order valence-corrected chi connectivity index (χ1v) is 10.8. The zero-order valence-corrected chi connectivity index (χ0v) is 19.4. The molecule has 0 aliphatic heterocycles. The lowest BCUT2D eigenvalue weighted by Crippen LogP contribution is -2.42. The summed E-state index contributed by atoms with van der Waals surface area (Å²) in [6.07, 6.45) is 2.23. The molecule has 0 saturated carbocycles. The molecule has 0 radical (unpaired) electrons. The van der Waals surface area contributed by atoms with Crippen LogP contribution in [0.3, 0.4) is 0 Å². The molecule has 0 aliphatic carbocycles. The Morgan fingerprint density at radius 2 is 2.03 bits per heavy atom. The maximum atomic E-state index is 13.5. The van der Waals surface area contributed by atoms with Gasteiger partial charge in [0.25, 0.3) is 11.5 Å². The Morgan fingerprint density at radius 1 is 1.33 bits per heavy atom. The number of aromatic amines is 1. The van der Waals surface area contributed by atoms with Gasteiger partial charge in [-0.2, -0.15) is 0 Å². The van der Waals surface area contributed by atoms with Gasteiger partial charge in [0, 0.05) is 17.6 Å². The van der Waals surface area contributed by atoms with Crippen molar-refractivity contribution in [1.29, 1.82) is 0 Å². The molecule has 0 unspecified atom stereocenters. The fourth-order valence-electron chi connectivity index (χ4n) is 3.02. The first-order chi connectivity index (χ1) is 14.2. The molecule has 1 heterocycles. The van der Waals surface area contributed by atoms with E-state index in [9.17, 15) is 14.4 Å². The van der Waals surface area contributed by atoms with Crippen LogP contribution in [0.5, 0.6) is 5.75 Å². The van der Waals surface area contributed by atoms with Crippen molar-refractivity contribution in [1.82, 2.24) is 9.55 Å². The van der Waals surface area contributed by atoms with E-state index in [2.05, 4.69) is 20.9 Å². The number of nitrogens with one attached hydrogen (secondary N) is 1. The lowest BCUT2D eigenvalue weighted by atomic mass is 10.1. The number of carbonyl (C=O) groups excluding carboxylic acids is 1. The van der Waals surface area contributed by atoms with Crippen LogP contribution in [0.1, 0.15) is 50.4 Å². The molecule has 8 nitrogen and oxygen atoms in total. The predicted octanol–water partition coefficient (Wildman–Crippen LogP) is 3.38. The van der Waals surface area contributed by atoms with Crippen LogP contribution in [0.4, 0.5) is 11.5 Å². The second-order valence-corrected chi connectivity index (χ2v) is 8.34. The van der Waals surface area contributed by atoms with E-state index in [1.54, 1.807) is 18.2 Å². The van der Waals surface area contributed by atoms with Crippen molar-refractivity contribution < 1.29 is 9.53 Å².